The normalized spacial score (nSPS) is 10.7. The molecule has 1 amide bonds. The average molecular weight is 448 g/mol. The number of carbonyl (C=O) groups is 1. The lowest BCUT2D eigenvalue weighted by Gasteiger charge is -2.12. The SMILES string of the molecule is COc1ccc(OC)c(NC(=O)c2ccc3c(=O)n(Cc4ccccc4)c(=S)[nH]c3c2)c1. The van der Waals surface area contributed by atoms with Crippen LogP contribution in [0.4, 0.5) is 5.69 Å². The molecule has 0 atom stereocenters. The van der Waals surface area contributed by atoms with Crippen LogP contribution in [0.25, 0.3) is 10.9 Å². The first-order chi connectivity index (χ1) is 15.5. The third-order valence-electron chi connectivity index (χ3n) is 5.08. The number of H-pyrrole nitrogens is 1. The van der Waals surface area contributed by atoms with Crippen molar-refractivity contribution in [2.24, 2.45) is 0 Å². The van der Waals surface area contributed by atoms with Gasteiger partial charge in [0.2, 0.25) is 0 Å². The molecule has 0 aliphatic carbocycles. The van der Waals surface area contributed by atoms with Gasteiger partial charge >= 0.3 is 0 Å². The summed E-state index contributed by atoms with van der Waals surface area (Å²) >= 11 is 5.42. The molecule has 3 aromatic carbocycles. The van der Waals surface area contributed by atoms with Crippen molar-refractivity contribution in [1.29, 1.82) is 0 Å². The smallest absolute Gasteiger partial charge is 0.262 e. The second-order valence-corrected chi connectivity index (χ2v) is 7.47. The first kappa shape index (κ1) is 21.3. The Hall–Kier alpha value is -3.91. The molecule has 0 radical (unpaired) electrons. The molecule has 2 N–H and O–H groups in total. The van der Waals surface area contributed by atoms with Crippen LogP contribution in [0.2, 0.25) is 0 Å². The van der Waals surface area contributed by atoms with Gasteiger partial charge in [0.1, 0.15) is 11.5 Å². The number of hydrogen-bond donors (Lipinski definition) is 2. The van der Waals surface area contributed by atoms with Crippen LogP contribution in [0.3, 0.4) is 0 Å². The van der Waals surface area contributed by atoms with Crippen LogP contribution in [0.1, 0.15) is 15.9 Å². The molecule has 0 saturated heterocycles. The van der Waals surface area contributed by atoms with Crippen molar-refractivity contribution >= 4 is 34.7 Å². The number of benzene rings is 3. The maximum Gasteiger partial charge on any atom is 0.262 e. The van der Waals surface area contributed by atoms with E-state index in [1.54, 1.807) is 43.5 Å². The van der Waals surface area contributed by atoms with Gasteiger partial charge in [-0.2, -0.15) is 0 Å². The Balaban J connectivity index is 1.67. The second kappa shape index (κ2) is 9.07. The lowest BCUT2D eigenvalue weighted by atomic mass is 10.1. The first-order valence-electron chi connectivity index (χ1n) is 9.84. The van der Waals surface area contributed by atoms with Crippen molar-refractivity contribution in [2.45, 2.75) is 6.54 Å². The summed E-state index contributed by atoms with van der Waals surface area (Å²) in [5.41, 5.74) is 2.09. The molecule has 0 aliphatic rings. The molecular formula is C24H21N3O4S. The molecule has 1 aromatic heterocycles. The van der Waals surface area contributed by atoms with Crippen LogP contribution in [-0.2, 0) is 6.54 Å². The number of nitrogens with zero attached hydrogens (tertiary/aromatic N) is 1. The van der Waals surface area contributed by atoms with Gasteiger partial charge in [-0.25, -0.2) is 0 Å². The molecule has 0 bridgehead atoms. The predicted molar refractivity (Wildman–Crippen MR) is 126 cm³/mol. The number of rotatable bonds is 6. The van der Waals surface area contributed by atoms with E-state index in [-0.39, 0.29) is 11.5 Å². The highest BCUT2D eigenvalue weighted by Gasteiger charge is 2.14. The van der Waals surface area contributed by atoms with Gasteiger partial charge < -0.3 is 19.8 Å². The summed E-state index contributed by atoms with van der Waals surface area (Å²) < 4.78 is 12.3. The minimum absolute atomic E-state index is 0.214. The van der Waals surface area contributed by atoms with Crippen LogP contribution in [0, 0.1) is 4.77 Å². The summed E-state index contributed by atoms with van der Waals surface area (Å²) in [6.07, 6.45) is 0. The minimum atomic E-state index is -0.355. The largest absolute Gasteiger partial charge is 0.497 e. The number of carbonyl (C=O) groups excluding carboxylic acids is 1. The second-order valence-electron chi connectivity index (χ2n) is 7.09. The Morgan fingerprint density at radius 2 is 1.81 bits per heavy atom. The number of nitrogens with one attached hydrogen (secondary N) is 2. The highest BCUT2D eigenvalue weighted by atomic mass is 32.1. The van der Waals surface area contributed by atoms with Crippen LogP contribution >= 0.6 is 12.2 Å². The van der Waals surface area contributed by atoms with Crippen LogP contribution in [0.15, 0.2) is 71.5 Å². The Morgan fingerprint density at radius 1 is 1.03 bits per heavy atom. The quantitative estimate of drug-likeness (QED) is 0.429. The molecule has 4 aromatic rings. The van der Waals surface area contributed by atoms with Crippen LogP contribution in [-0.4, -0.2) is 29.7 Å². The van der Waals surface area contributed by atoms with Crippen molar-refractivity contribution in [2.75, 3.05) is 19.5 Å². The number of ether oxygens (including phenoxy) is 2. The molecular weight excluding hydrogens is 426 g/mol. The Bertz CT molecular complexity index is 1410. The van der Waals surface area contributed by atoms with E-state index in [0.29, 0.717) is 45.0 Å². The maximum atomic E-state index is 13.0. The molecule has 4 rings (SSSR count). The van der Waals surface area contributed by atoms with Crippen LogP contribution in [0.5, 0.6) is 11.5 Å². The van der Waals surface area contributed by atoms with Crippen molar-refractivity contribution in [3.8, 4) is 11.5 Å². The molecule has 0 spiro atoms. The van der Waals surface area contributed by atoms with Gasteiger partial charge in [0.15, 0.2) is 4.77 Å². The molecule has 0 aliphatic heterocycles. The molecule has 0 unspecified atom stereocenters. The van der Waals surface area contributed by atoms with Crippen molar-refractivity contribution in [3.05, 3.63) is 93.0 Å². The van der Waals surface area contributed by atoms with Crippen molar-refractivity contribution in [3.63, 3.8) is 0 Å². The number of amides is 1. The van der Waals surface area contributed by atoms with E-state index in [9.17, 15) is 9.59 Å². The zero-order valence-electron chi connectivity index (χ0n) is 17.5. The average Bonchev–Trinajstić information content (AvgIpc) is 2.82. The summed E-state index contributed by atoms with van der Waals surface area (Å²) in [7, 11) is 3.07. The van der Waals surface area contributed by atoms with Gasteiger partial charge in [-0.1, -0.05) is 30.3 Å². The maximum absolute atomic E-state index is 13.0. The van der Waals surface area contributed by atoms with E-state index >= 15 is 0 Å². The van der Waals surface area contributed by atoms with E-state index in [4.69, 9.17) is 21.7 Å². The summed E-state index contributed by atoms with van der Waals surface area (Å²) in [5, 5.41) is 3.27. The minimum Gasteiger partial charge on any atom is -0.497 e. The molecule has 32 heavy (non-hydrogen) atoms. The van der Waals surface area contributed by atoms with Crippen molar-refractivity contribution in [1.82, 2.24) is 9.55 Å². The first-order valence-corrected chi connectivity index (χ1v) is 10.2. The number of fused-ring (bicyclic) bond motifs is 1. The van der Waals surface area contributed by atoms with Gasteiger partial charge in [-0.3, -0.25) is 14.2 Å². The molecule has 0 fully saturated rings. The number of aromatic nitrogens is 2. The zero-order valence-corrected chi connectivity index (χ0v) is 18.4. The molecule has 0 saturated carbocycles. The molecule has 8 heteroatoms. The van der Waals surface area contributed by atoms with Gasteiger partial charge in [0.25, 0.3) is 11.5 Å². The Kier molecular flexibility index (Phi) is 6.04. The van der Waals surface area contributed by atoms with E-state index in [1.165, 1.54) is 11.7 Å². The van der Waals surface area contributed by atoms with Gasteiger partial charge in [0, 0.05) is 11.6 Å². The molecule has 1 heterocycles. The fourth-order valence-corrected chi connectivity index (χ4v) is 3.67. The number of hydrogen-bond acceptors (Lipinski definition) is 5. The van der Waals surface area contributed by atoms with E-state index in [1.807, 2.05) is 30.3 Å². The van der Waals surface area contributed by atoms with E-state index in [2.05, 4.69) is 10.3 Å². The van der Waals surface area contributed by atoms with Gasteiger partial charge in [0.05, 0.1) is 37.4 Å². The predicted octanol–water partition coefficient (Wildman–Crippen LogP) is 4.38. The lowest BCUT2D eigenvalue weighted by Crippen LogP contribution is -2.23. The van der Waals surface area contributed by atoms with E-state index < -0.39 is 0 Å². The van der Waals surface area contributed by atoms with E-state index in [0.717, 1.165) is 5.56 Å². The molecule has 7 nitrogen and oxygen atoms in total. The van der Waals surface area contributed by atoms with Crippen LogP contribution < -0.4 is 20.3 Å². The Morgan fingerprint density at radius 3 is 2.53 bits per heavy atom. The highest BCUT2D eigenvalue weighted by Crippen LogP contribution is 2.29. The third kappa shape index (κ3) is 4.26. The standard InChI is InChI=1S/C24H21N3O4S/c1-30-17-9-11-21(31-2)20(13-17)25-22(28)16-8-10-18-19(12-16)26-24(32)27(23(18)29)14-15-6-4-3-5-7-15/h3-13H,14H2,1-2H3,(H,25,28)(H,26,32). The summed E-state index contributed by atoms with van der Waals surface area (Å²) in [6, 6.07) is 19.6. The fourth-order valence-electron chi connectivity index (χ4n) is 3.41. The number of methoxy groups -OCH3 is 2. The summed E-state index contributed by atoms with van der Waals surface area (Å²) in [5.74, 6) is 0.733. The Labute approximate surface area is 189 Å². The summed E-state index contributed by atoms with van der Waals surface area (Å²) in [6.45, 7) is 0.364. The zero-order chi connectivity index (χ0) is 22.7. The van der Waals surface area contributed by atoms with Crippen molar-refractivity contribution < 1.29 is 14.3 Å². The number of aromatic amines is 1. The summed E-state index contributed by atoms with van der Waals surface area (Å²) in [4.78, 5) is 29.0. The fraction of sp³-hybridized carbons (Fsp3) is 0.125. The van der Waals surface area contributed by atoms with Gasteiger partial charge in [-0.05, 0) is 48.1 Å². The number of anilines is 1. The van der Waals surface area contributed by atoms with Gasteiger partial charge in [-0.15, -0.1) is 0 Å². The molecule has 162 valence electrons. The lowest BCUT2D eigenvalue weighted by molar-refractivity contribution is 0.102. The topological polar surface area (TPSA) is 85.3 Å². The highest BCUT2D eigenvalue weighted by molar-refractivity contribution is 7.71. The third-order valence-corrected chi connectivity index (χ3v) is 5.40. The monoisotopic (exact) mass is 447 g/mol.